The van der Waals surface area contributed by atoms with Crippen LogP contribution in [0.2, 0.25) is 0 Å². The molecule has 1 saturated heterocycles. The van der Waals surface area contributed by atoms with Crippen molar-refractivity contribution < 1.29 is 4.79 Å². The first-order chi connectivity index (χ1) is 7.72. The van der Waals surface area contributed by atoms with Crippen molar-refractivity contribution in [3.63, 3.8) is 0 Å². The molecule has 4 heteroatoms. The summed E-state index contributed by atoms with van der Waals surface area (Å²) < 4.78 is 0. The Kier molecular flexibility index (Phi) is 5.60. The molecule has 1 fully saturated rings. The third kappa shape index (κ3) is 3.37. The van der Waals surface area contributed by atoms with Gasteiger partial charge in [0.25, 0.3) is 0 Å². The van der Waals surface area contributed by atoms with E-state index in [1.165, 1.54) is 19.4 Å². The average Bonchev–Trinajstić information content (AvgIpc) is 2.75. The molecule has 1 aliphatic rings. The molecule has 0 saturated carbocycles. The van der Waals surface area contributed by atoms with E-state index in [0.29, 0.717) is 6.04 Å². The van der Waals surface area contributed by atoms with Gasteiger partial charge in [-0.15, -0.1) is 0 Å². The smallest absolute Gasteiger partial charge is 0.317 e. The van der Waals surface area contributed by atoms with E-state index in [2.05, 4.69) is 17.1 Å². The largest absolute Gasteiger partial charge is 0.336 e. The van der Waals surface area contributed by atoms with E-state index in [0.717, 1.165) is 26.2 Å². The van der Waals surface area contributed by atoms with Gasteiger partial charge in [0.05, 0.1) is 0 Å². The van der Waals surface area contributed by atoms with Crippen molar-refractivity contribution in [1.29, 1.82) is 0 Å². The fourth-order valence-corrected chi connectivity index (χ4v) is 2.37. The Labute approximate surface area is 99.0 Å². The number of amides is 2. The van der Waals surface area contributed by atoms with E-state index in [-0.39, 0.29) is 6.03 Å². The Morgan fingerprint density at radius 2 is 2.06 bits per heavy atom. The van der Waals surface area contributed by atoms with E-state index >= 15 is 0 Å². The first kappa shape index (κ1) is 13.3. The molecule has 1 rings (SSSR count). The standard InChI is InChI=1S/C12H25N3O/c1-4-14(5-2)12(16)13-10-11-8-7-9-15(11)6-3/h11H,4-10H2,1-3H3,(H,13,16)/t11-/m0/s1. The predicted molar refractivity (Wildman–Crippen MR) is 66.6 cm³/mol. The minimum absolute atomic E-state index is 0.0768. The zero-order chi connectivity index (χ0) is 12.0. The van der Waals surface area contributed by atoms with E-state index in [1.807, 2.05) is 18.7 Å². The molecule has 94 valence electrons. The number of hydrogen-bond donors (Lipinski definition) is 1. The van der Waals surface area contributed by atoms with Crippen LogP contribution < -0.4 is 5.32 Å². The fraction of sp³-hybridized carbons (Fsp3) is 0.917. The lowest BCUT2D eigenvalue weighted by Crippen LogP contribution is -2.45. The van der Waals surface area contributed by atoms with Gasteiger partial charge >= 0.3 is 6.03 Å². The van der Waals surface area contributed by atoms with Gasteiger partial charge < -0.3 is 10.2 Å². The maximum atomic E-state index is 11.8. The molecule has 0 aromatic rings. The Morgan fingerprint density at radius 1 is 1.38 bits per heavy atom. The number of hydrogen-bond acceptors (Lipinski definition) is 2. The van der Waals surface area contributed by atoms with Crippen molar-refractivity contribution in [3.8, 4) is 0 Å². The number of likely N-dealkylation sites (N-methyl/N-ethyl adjacent to an activating group) is 1. The molecule has 0 radical (unpaired) electrons. The number of carbonyl (C=O) groups is 1. The Hall–Kier alpha value is -0.770. The summed E-state index contributed by atoms with van der Waals surface area (Å²) in [5.74, 6) is 0. The van der Waals surface area contributed by atoms with Crippen molar-refractivity contribution >= 4 is 6.03 Å². The van der Waals surface area contributed by atoms with Crippen molar-refractivity contribution in [3.05, 3.63) is 0 Å². The highest BCUT2D eigenvalue weighted by atomic mass is 16.2. The van der Waals surface area contributed by atoms with Crippen LogP contribution in [0.1, 0.15) is 33.6 Å². The van der Waals surface area contributed by atoms with E-state index < -0.39 is 0 Å². The Balaban J connectivity index is 2.30. The molecule has 2 amide bonds. The molecular formula is C12H25N3O. The van der Waals surface area contributed by atoms with Crippen molar-refractivity contribution in [2.45, 2.75) is 39.7 Å². The van der Waals surface area contributed by atoms with Crippen LogP contribution in [0.15, 0.2) is 0 Å². The Bertz CT molecular complexity index is 216. The molecule has 0 aliphatic carbocycles. The van der Waals surface area contributed by atoms with Crippen LogP contribution in [0.5, 0.6) is 0 Å². The summed E-state index contributed by atoms with van der Waals surface area (Å²) in [6.45, 7) is 10.8. The maximum absolute atomic E-state index is 11.8. The summed E-state index contributed by atoms with van der Waals surface area (Å²) >= 11 is 0. The van der Waals surface area contributed by atoms with Gasteiger partial charge in [-0.1, -0.05) is 6.92 Å². The second-order valence-electron chi connectivity index (χ2n) is 4.28. The van der Waals surface area contributed by atoms with Crippen LogP contribution in [0, 0.1) is 0 Å². The van der Waals surface area contributed by atoms with Gasteiger partial charge in [0.1, 0.15) is 0 Å². The van der Waals surface area contributed by atoms with Crippen LogP contribution in [0.4, 0.5) is 4.79 Å². The minimum atomic E-state index is 0.0768. The summed E-state index contributed by atoms with van der Waals surface area (Å²) in [5, 5.41) is 3.04. The second kappa shape index (κ2) is 6.74. The van der Waals surface area contributed by atoms with Crippen molar-refractivity contribution in [2.75, 3.05) is 32.7 Å². The Morgan fingerprint density at radius 3 is 2.62 bits per heavy atom. The van der Waals surface area contributed by atoms with Crippen molar-refractivity contribution in [1.82, 2.24) is 15.1 Å². The van der Waals surface area contributed by atoms with Crippen LogP contribution in [0.25, 0.3) is 0 Å². The molecule has 1 N–H and O–H groups in total. The average molecular weight is 227 g/mol. The first-order valence-electron chi connectivity index (χ1n) is 6.49. The minimum Gasteiger partial charge on any atom is -0.336 e. The fourth-order valence-electron chi connectivity index (χ4n) is 2.37. The number of nitrogens with zero attached hydrogens (tertiary/aromatic N) is 2. The normalized spacial score (nSPS) is 21.1. The molecule has 16 heavy (non-hydrogen) atoms. The molecule has 1 heterocycles. The predicted octanol–water partition coefficient (Wildman–Crippen LogP) is 1.52. The number of nitrogens with one attached hydrogen (secondary N) is 1. The van der Waals surface area contributed by atoms with Gasteiger partial charge in [-0.3, -0.25) is 4.90 Å². The molecule has 1 atom stereocenters. The van der Waals surface area contributed by atoms with Crippen LogP contribution in [-0.2, 0) is 0 Å². The highest BCUT2D eigenvalue weighted by Crippen LogP contribution is 2.15. The number of urea groups is 1. The van der Waals surface area contributed by atoms with Gasteiger partial charge in [-0.2, -0.15) is 0 Å². The van der Waals surface area contributed by atoms with Gasteiger partial charge in [0, 0.05) is 25.7 Å². The SMILES string of the molecule is CCN(CC)C(=O)NC[C@@H]1CCCN1CC. The highest BCUT2D eigenvalue weighted by molar-refractivity contribution is 5.74. The number of carbonyl (C=O) groups excluding carboxylic acids is 1. The van der Waals surface area contributed by atoms with E-state index in [9.17, 15) is 4.79 Å². The van der Waals surface area contributed by atoms with Gasteiger partial charge in [0.2, 0.25) is 0 Å². The van der Waals surface area contributed by atoms with Crippen LogP contribution in [-0.4, -0.2) is 54.6 Å². The van der Waals surface area contributed by atoms with Gasteiger partial charge in [-0.25, -0.2) is 4.79 Å². The third-order valence-corrected chi connectivity index (χ3v) is 3.44. The summed E-state index contributed by atoms with van der Waals surface area (Å²) in [6, 6.07) is 0.623. The second-order valence-corrected chi connectivity index (χ2v) is 4.28. The van der Waals surface area contributed by atoms with Crippen LogP contribution >= 0.6 is 0 Å². The van der Waals surface area contributed by atoms with Gasteiger partial charge in [0.15, 0.2) is 0 Å². The lowest BCUT2D eigenvalue weighted by Gasteiger charge is -2.25. The zero-order valence-corrected chi connectivity index (χ0v) is 10.8. The highest BCUT2D eigenvalue weighted by Gasteiger charge is 2.23. The van der Waals surface area contributed by atoms with Crippen molar-refractivity contribution in [2.24, 2.45) is 0 Å². The topological polar surface area (TPSA) is 35.6 Å². The van der Waals surface area contributed by atoms with E-state index in [1.54, 1.807) is 0 Å². The van der Waals surface area contributed by atoms with Crippen LogP contribution in [0.3, 0.4) is 0 Å². The number of rotatable bonds is 5. The number of likely N-dealkylation sites (tertiary alicyclic amines) is 1. The maximum Gasteiger partial charge on any atom is 0.317 e. The molecular weight excluding hydrogens is 202 g/mol. The third-order valence-electron chi connectivity index (χ3n) is 3.44. The van der Waals surface area contributed by atoms with E-state index in [4.69, 9.17) is 0 Å². The quantitative estimate of drug-likeness (QED) is 0.773. The molecule has 0 aromatic carbocycles. The monoisotopic (exact) mass is 227 g/mol. The summed E-state index contributed by atoms with van der Waals surface area (Å²) in [6.07, 6.45) is 2.48. The molecule has 0 spiro atoms. The zero-order valence-electron chi connectivity index (χ0n) is 10.8. The molecule has 0 unspecified atom stereocenters. The molecule has 0 bridgehead atoms. The van der Waals surface area contributed by atoms with Gasteiger partial charge in [-0.05, 0) is 39.8 Å². The lowest BCUT2D eigenvalue weighted by atomic mass is 10.2. The summed E-state index contributed by atoms with van der Waals surface area (Å²) in [4.78, 5) is 16.0. The molecule has 1 aliphatic heterocycles. The summed E-state index contributed by atoms with van der Waals surface area (Å²) in [5.41, 5.74) is 0. The molecule has 4 nitrogen and oxygen atoms in total. The first-order valence-corrected chi connectivity index (χ1v) is 6.49. The molecule has 0 aromatic heterocycles. The summed E-state index contributed by atoms with van der Waals surface area (Å²) in [7, 11) is 0. The lowest BCUT2D eigenvalue weighted by molar-refractivity contribution is 0.196.